The Hall–Kier alpha value is -2.19. The van der Waals surface area contributed by atoms with E-state index in [2.05, 4.69) is 20.3 Å². The van der Waals surface area contributed by atoms with E-state index in [4.69, 9.17) is 28.3 Å². The van der Waals surface area contributed by atoms with Gasteiger partial charge in [0.25, 0.3) is 0 Å². The molecule has 132 valence electrons. The van der Waals surface area contributed by atoms with E-state index in [9.17, 15) is 8.78 Å². The average Bonchev–Trinajstić information content (AvgIpc) is 2.92. The molecule has 0 saturated heterocycles. The number of anilines is 1. The molecule has 0 unspecified atom stereocenters. The third kappa shape index (κ3) is 7.89. The fourth-order valence-corrected chi connectivity index (χ4v) is 2.36. The summed E-state index contributed by atoms with van der Waals surface area (Å²) < 4.78 is 24.9. The molecule has 0 aliphatic carbocycles. The summed E-state index contributed by atoms with van der Waals surface area (Å²) in [5, 5.41) is 9.88. The molecule has 1 rings (SSSR count). The number of thiazole rings is 1. The van der Waals surface area contributed by atoms with Gasteiger partial charge in [0.05, 0.1) is 5.69 Å². The Morgan fingerprint density at radius 2 is 2.29 bits per heavy atom. The summed E-state index contributed by atoms with van der Waals surface area (Å²) in [6.07, 6.45) is 3.03. The van der Waals surface area contributed by atoms with Crippen LogP contribution >= 0.6 is 22.9 Å². The van der Waals surface area contributed by atoms with Gasteiger partial charge in [-0.1, -0.05) is 0 Å². The number of aryl methyl sites for hydroxylation is 1. The molecule has 12 heteroatoms. The quantitative estimate of drug-likeness (QED) is 0.284. The van der Waals surface area contributed by atoms with Gasteiger partial charge in [-0.3, -0.25) is 0 Å². The maximum Gasteiger partial charge on any atom is 0.341 e. The first-order chi connectivity index (χ1) is 11.2. The third-order valence-electron chi connectivity index (χ3n) is 2.70. The Labute approximate surface area is 146 Å². The lowest BCUT2D eigenvalue weighted by Crippen LogP contribution is -2.34. The SMILES string of the molecule is CN(CCCc1csc(NC(N)=NCC(F)(F)Cl)n1)C(N)=NC#N. The van der Waals surface area contributed by atoms with E-state index in [1.165, 1.54) is 11.3 Å². The molecule has 0 saturated carbocycles. The predicted octanol–water partition coefficient (Wildman–Crippen LogP) is 1.36. The number of nitrogens with zero attached hydrogens (tertiary/aromatic N) is 5. The Morgan fingerprint density at radius 1 is 1.58 bits per heavy atom. The Kier molecular flexibility index (Phi) is 7.60. The second-order valence-electron chi connectivity index (χ2n) is 4.68. The third-order valence-corrected chi connectivity index (χ3v) is 3.62. The molecule has 0 bridgehead atoms. The van der Waals surface area contributed by atoms with Crippen LogP contribution in [0.15, 0.2) is 15.4 Å². The lowest BCUT2D eigenvalue weighted by atomic mass is 10.2. The fraction of sp³-hybridized carbons (Fsp3) is 0.500. The molecule has 0 aromatic carbocycles. The van der Waals surface area contributed by atoms with Gasteiger partial charge in [-0.2, -0.15) is 14.0 Å². The lowest BCUT2D eigenvalue weighted by molar-refractivity contribution is 0.107. The van der Waals surface area contributed by atoms with E-state index < -0.39 is 11.9 Å². The van der Waals surface area contributed by atoms with Gasteiger partial charge >= 0.3 is 5.38 Å². The zero-order valence-corrected chi connectivity index (χ0v) is 14.4. The molecule has 8 nitrogen and oxygen atoms in total. The van der Waals surface area contributed by atoms with Crippen molar-refractivity contribution in [2.45, 2.75) is 18.2 Å². The van der Waals surface area contributed by atoms with Crippen LogP contribution in [-0.2, 0) is 6.42 Å². The van der Waals surface area contributed by atoms with Crippen molar-refractivity contribution in [3.05, 3.63) is 11.1 Å². The topological polar surface area (TPSA) is 129 Å². The van der Waals surface area contributed by atoms with Crippen molar-refractivity contribution in [2.24, 2.45) is 21.5 Å². The molecular weight excluding hydrogens is 362 g/mol. The minimum Gasteiger partial charge on any atom is -0.370 e. The molecule has 1 aromatic heterocycles. The molecular formula is C12H17ClF2N8S. The Balaban J connectivity index is 2.44. The number of guanidine groups is 2. The van der Waals surface area contributed by atoms with Gasteiger partial charge < -0.3 is 21.7 Å². The summed E-state index contributed by atoms with van der Waals surface area (Å²) in [6.45, 7) is -0.310. The van der Waals surface area contributed by atoms with E-state index in [0.29, 0.717) is 18.1 Å². The smallest absolute Gasteiger partial charge is 0.341 e. The van der Waals surface area contributed by atoms with Gasteiger partial charge in [-0.25, -0.2) is 9.98 Å². The average molecular weight is 379 g/mol. The van der Waals surface area contributed by atoms with Crippen LogP contribution in [0.1, 0.15) is 12.1 Å². The number of alkyl halides is 3. The first kappa shape index (κ1) is 19.9. The molecule has 0 aliphatic rings. The van der Waals surface area contributed by atoms with Crippen LogP contribution in [0.5, 0.6) is 0 Å². The van der Waals surface area contributed by atoms with Crippen molar-refractivity contribution in [3.63, 3.8) is 0 Å². The summed E-state index contributed by atoms with van der Waals surface area (Å²) >= 11 is 6.01. The van der Waals surface area contributed by atoms with Crippen LogP contribution in [-0.4, -0.2) is 47.3 Å². The number of aromatic nitrogens is 1. The van der Waals surface area contributed by atoms with E-state index in [1.54, 1.807) is 18.1 Å². The van der Waals surface area contributed by atoms with Crippen LogP contribution < -0.4 is 16.8 Å². The first-order valence-corrected chi connectivity index (χ1v) is 7.98. The van der Waals surface area contributed by atoms with Gasteiger partial charge in [0.2, 0.25) is 12.2 Å². The van der Waals surface area contributed by atoms with E-state index in [1.807, 2.05) is 5.38 Å². The molecule has 0 fully saturated rings. The van der Waals surface area contributed by atoms with Crippen molar-refractivity contribution in [2.75, 3.05) is 25.5 Å². The molecule has 0 spiro atoms. The van der Waals surface area contributed by atoms with Crippen molar-refractivity contribution >= 4 is 40.0 Å². The monoisotopic (exact) mass is 378 g/mol. The van der Waals surface area contributed by atoms with Crippen molar-refractivity contribution in [1.29, 1.82) is 5.26 Å². The maximum absolute atomic E-state index is 12.5. The number of halogens is 3. The maximum atomic E-state index is 12.5. The van der Waals surface area contributed by atoms with E-state index in [0.717, 1.165) is 12.1 Å². The Bertz CT molecular complexity index is 634. The van der Waals surface area contributed by atoms with Crippen molar-refractivity contribution in [1.82, 2.24) is 9.88 Å². The molecule has 5 N–H and O–H groups in total. The van der Waals surface area contributed by atoms with Gasteiger partial charge in [-0.05, 0) is 24.4 Å². The predicted molar refractivity (Wildman–Crippen MR) is 91.2 cm³/mol. The minimum atomic E-state index is -3.43. The van der Waals surface area contributed by atoms with Gasteiger partial charge in [0.1, 0.15) is 6.54 Å². The normalized spacial score (nSPS) is 12.8. The molecule has 0 aliphatic heterocycles. The van der Waals surface area contributed by atoms with Gasteiger partial charge in [0.15, 0.2) is 11.1 Å². The van der Waals surface area contributed by atoms with E-state index in [-0.39, 0.29) is 11.9 Å². The van der Waals surface area contributed by atoms with Crippen LogP contribution in [0.4, 0.5) is 13.9 Å². The number of aliphatic imine (C=N–C) groups is 2. The standard InChI is InChI=1S/C12H17ClF2N8S/c1-23(10(18)20-7-16)4-2-3-8-5-24-11(21-8)22-9(17)19-6-12(13,14)15/h5H,2-4,6H2,1H3,(H2,18,20)(H3,17,19,21,22). The zero-order valence-electron chi connectivity index (χ0n) is 12.8. The summed E-state index contributed by atoms with van der Waals surface area (Å²) in [7, 11) is 1.73. The zero-order chi connectivity index (χ0) is 18.2. The summed E-state index contributed by atoms with van der Waals surface area (Å²) in [5.74, 6) is -0.0327. The molecule has 0 amide bonds. The van der Waals surface area contributed by atoms with Gasteiger partial charge in [0, 0.05) is 19.0 Å². The van der Waals surface area contributed by atoms with Crippen LogP contribution in [0, 0.1) is 11.5 Å². The van der Waals surface area contributed by atoms with Crippen LogP contribution in [0.25, 0.3) is 0 Å². The fourth-order valence-electron chi connectivity index (χ4n) is 1.55. The van der Waals surface area contributed by atoms with Crippen molar-refractivity contribution in [3.8, 4) is 6.19 Å². The highest BCUT2D eigenvalue weighted by atomic mass is 35.5. The number of nitrogens with two attached hydrogens (primary N) is 2. The summed E-state index contributed by atoms with van der Waals surface area (Å²) in [6, 6.07) is 0. The van der Waals surface area contributed by atoms with E-state index >= 15 is 0 Å². The van der Waals surface area contributed by atoms with Crippen LogP contribution in [0.3, 0.4) is 0 Å². The number of hydrogen-bond acceptors (Lipinski definition) is 5. The molecule has 24 heavy (non-hydrogen) atoms. The number of nitriles is 1. The lowest BCUT2D eigenvalue weighted by Gasteiger charge is -2.15. The first-order valence-electron chi connectivity index (χ1n) is 6.72. The molecule has 0 radical (unpaired) electrons. The van der Waals surface area contributed by atoms with Crippen molar-refractivity contribution < 1.29 is 8.78 Å². The minimum absolute atomic E-state index is 0.151. The van der Waals surface area contributed by atoms with Crippen LogP contribution in [0.2, 0.25) is 0 Å². The number of rotatable bonds is 7. The highest BCUT2D eigenvalue weighted by Crippen LogP contribution is 2.19. The highest BCUT2D eigenvalue weighted by Gasteiger charge is 2.23. The molecule has 1 heterocycles. The highest BCUT2D eigenvalue weighted by molar-refractivity contribution is 7.13. The summed E-state index contributed by atoms with van der Waals surface area (Å²) in [4.78, 5) is 12.8. The summed E-state index contributed by atoms with van der Waals surface area (Å²) in [5.41, 5.74) is 11.9. The Morgan fingerprint density at radius 3 is 2.92 bits per heavy atom. The number of nitrogens with one attached hydrogen (secondary N) is 1. The second-order valence-corrected chi connectivity index (χ2v) is 6.09. The number of hydrogen-bond donors (Lipinski definition) is 3. The largest absolute Gasteiger partial charge is 0.370 e. The molecule has 0 atom stereocenters. The van der Waals surface area contributed by atoms with Gasteiger partial charge in [-0.15, -0.1) is 16.3 Å². The second kappa shape index (κ2) is 9.19. The molecule has 1 aromatic rings.